The Kier molecular flexibility index (Phi) is 8.02. The molecule has 0 bridgehead atoms. The molecule has 0 saturated heterocycles. The van der Waals surface area contributed by atoms with Gasteiger partial charge in [0.05, 0.1) is 35.1 Å². The van der Waals surface area contributed by atoms with E-state index in [2.05, 4.69) is 18.2 Å². The van der Waals surface area contributed by atoms with Gasteiger partial charge in [-0.3, -0.25) is 9.36 Å². The van der Waals surface area contributed by atoms with Crippen LogP contribution in [0.25, 0.3) is 6.08 Å². The first-order chi connectivity index (χ1) is 19.4. The van der Waals surface area contributed by atoms with Gasteiger partial charge in [-0.15, -0.1) is 0 Å². The number of esters is 1. The SMILES string of the molecule is C=CCOc1ccc(/C=c2\sc3n(c2=O)C(c2ccc4c(c2)OCC4)C(C(=O)OCC)=C(C)N=3)cc1OCC=C. The first-order valence-corrected chi connectivity index (χ1v) is 13.8. The predicted octanol–water partition coefficient (Wildman–Crippen LogP) is 3.86. The lowest BCUT2D eigenvalue weighted by atomic mass is 9.94. The van der Waals surface area contributed by atoms with Crippen molar-refractivity contribution in [1.29, 1.82) is 0 Å². The number of rotatable bonds is 10. The van der Waals surface area contributed by atoms with E-state index in [1.807, 2.05) is 30.3 Å². The zero-order valence-electron chi connectivity index (χ0n) is 22.5. The minimum Gasteiger partial charge on any atom is -0.493 e. The molecule has 0 N–H and O–H groups in total. The molecule has 3 heterocycles. The molecule has 0 saturated carbocycles. The molecule has 1 unspecified atom stereocenters. The van der Waals surface area contributed by atoms with Crippen molar-refractivity contribution < 1.29 is 23.7 Å². The smallest absolute Gasteiger partial charge is 0.338 e. The van der Waals surface area contributed by atoms with Crippen LogP contribution in [0.15, 0.2) is 82.8 Å². The Labute approximate surface area is 235 Å². The average molecular weight is 559 g/mol. The molecule has 1 aromatic heterocycles. The molecule has 2 aromatic carbocycles. The maximum absolute atomic E-state index is 13.9. The zero-order chi connectivity index (χ0) is 28.2. The summed E-state index contributed by atoms with van der Waals surface area (Å²) in [6.07, 6.45) is 5.92. The van der Waals surface area contributed by atoms with Crippen molar-refractivity contribution in [2.75, 3.05) is 26.4 Å². The Balaban J connectivity index is 1.64. The second-order valence-electron chi connectivity index (χ2n) is 9.17. The van der Waals surface area contributed by atoms with Gasteiger partial charge in [0.25, 0.3) is 5.56 Å². The number of fused-ring (bicyclic) bond motifs is 2. The second-order valence-corrected chi connectivity index (χ2v) is 10.2. The Hall–Kier alpha value is -4.37. The van der Waals surface area contributed by atoms with Crippen molar-refractivity contribution in [3.8, 4) is 17.2 Å². The van der Waals surface area contributed by atoms with Crippen LogP contribution in [0, 0.1) is 0 Å². The van der Waals surface area contributed by atoms with E-state index < -0.39 is 12.0 Å². The number of nitrogens with zero attached hydrogens (tertiary/aromatic N) is 2. The van der Waals surface area contributed by atoms with E-state index in [-0.39, 0.29) is 12.2 Å². The fourth-order valence-corrected chi connectivity index (χ4v) is 5.80. The van der Waals surface area contributed by atoms with Crippen LogP contribution in [0.1, 0.15) is 36.6 Å². The molecule has 0 radical (unpaired) electrons. The van der Waals surface area contributed by atoms with E-state index >= 15 is 0 Å². The van der Waals surface area contributed by atoms with Gasteiger partial charge in [-0.25, -0.2) is 9.79 Å². The standard InChI is InChI=1S/C31H30N2O6S/c1-5-13-37-23-11-8-20(16-25(23)38-14-6-2)17-26-29(34)33-28(22-10-9-21-12-15-39-24(21)18-22)27(30(35)36-7-3)19(4)32-31(33)40-26/h5-6,8-11,16-18,28H,1-2,7,12-15H2,3-4H3/b26-17-. The molecule has 3 aromatic rings. The third-order valence-electron chi connectivity index (χ3n) is 6.53. The van der Waals surface area contributed by atoms with Crippen LogP contribution < -0.4 is 29.1 Å². The van der Waals surface area contributed by atoms with E-state index in [1.54, 1.807) is 42.7 Å². The number of hydrogen-bond acceptors (Lipinski definition) is 8. The molecule has 0 amide bonds. The molecule has 2 aliphatic heterocycles. The summed E-state index contributed by atoms with van der Waals surface area (Å²) in [6, 6.07) is 10.6. The highest BCUT2D eigenvalue weighted by molar-refractivity contribution is 7.07. The van der Waals surface area contributed by atoms with Gasteiger partial charge in [-0.05, 0) is 54.8 Å². The van der Waals surface area contributed by atoms with Crippen molar-refractivity contribution >= 4 is 23.4 Å². The van der Waals surface area contributed by atoms with Gasteiger partial charge in [-0.2, -0.15) is 0 Å². The van der Waals surface area contributed by atoms with Gasteiger partial charge in [0.1, 0.15) is 19.0 Å². The molecule has 2 aliphatic rings. The third kappa shape index (κ3) is 5.24. The molecular formula is C31H30N2O6S. The number of thiazole rings is 1. The van der Waals surface area contributed by atoms with Crippen molar-refractivity contribution in [3.05, 3.63) is 109 Å². The van der Waals surface area contributed by atoms with Crippen molar-refractivity contribution in [2.24, 2.45) is 4.99 Å². The van der Waals surface area contributed by atoms with Gasteiger partial charge in [0, 0.05) is 6.42 Å². The quantitative estimate of drug-likeness (QED) is 0.277. The summed E-state index contributed by atoms with van der Waals surface area (Å²) in [4.78, 5) is 32.2. The van der Waals surface area contributed by atoms with Crippen molar-refractivity contribution in [2.45, 2.75) is 26.3 Å². The van der Waals surface area contributed by atoms with Gasteiger partial charge in [0.15, 0.2) is 16.3 Å². The predicted molar refractivity (Wildman–Crippen MR) is 154 cm³/mol. The van der Waals surface area contributed by atoms with E-state index in [9.17, 15) is 9.59 Å². The highest BCUT2D eigenvalue weighted by atomic mass is 32.1. The third-order valence-corrected chi connectivity index (χ3v) is 7.51. The summed E-state index contributed by atoms with van der Waals surface area (Å²) in [5.74, 6) is 1.36. The summed E-state index contributed by atoms with van der Waals surface area (Å²) in [6.45, 7) is 12.4. The molecule has 1 atom stereocenters. The highest BCUT2D eigenvalue weighted by Crippen LogP contribution is 2.35. The van der Waals surface area contributed by atoms with Crippen molar-refractivity contribution in [3.63, 3.8) is 0 Å². The van der Waals surface area contributed by atoms with Crippen LogP contribution in [0.5, 0.6) is 17.2 Å². The number of hydrogen-bond donors (Lipinski definition) is 0. The summed E-state index contributed by atoms with van der Waals surface area (Å²) in [5.41, 5.74) is 3.20. The number of carbonyl (C=O) groups is 1. The minimum absolute atomic E-state index is 0.211. The Morgan fingerprint density at radius 2 is 1.93 bits per heavy atom. The van der Waals surface area contributed by atoms with E-state index in [0.29, 0.717) is 51.9 Å². The Morgan fingerprint density at radius 3 is 2.67 bits per heavy atom. The van der Waals surface area contributed by atoms with Crippen molar-refractivity contribution in [1.82, 2.24) is 4.57 Å². The van der Waals surface area contributed by atoms with Gasteiger partial charge < -0.3 is 18.9 Å². The average Bonchev–Trinajstić information content (AvgIpc) is 3.54. The molecule has 206 valence electrons. The second kappa shape index (κ2) is 11.8. The van der Waals surface area contributed by atoms with Gasteiger partial charge in [-0.1, -0.05) is 54.8 Å². The van der Waals surface area contributed by atoms with Gasteiger partial charge >= 0.3 is 5.97 Å². The molecule has 0 fully saturated rings. The highest BCUT2D eigenvalue weighted by Gasteiger charge is 2.34. The molecule has 5 rings (SSSR count). The summed E-state index contributed by atoms with van der Waals surface area (Å²) in [5, 5.41) is 0. The monoisotopic (exact) mass is 558 g/mol. The normalized spacial score (nSPS) is 15.9. The van der Waals surface area contributed by atoms with E-state index in [4.69, 9.17) is 18.9 Å². The number of aromatic nitrogens is 1. The Bertz CT molecular complexity index is 1700. The Morgan fingerprint density at radius 1 is 1.15 bits per heavy atom. The fourth-order valence-electron chi connectivity index (χ4n) is 4.76. The van der Waals surface area contributed by atoms with Crippen LogP contribution in [-0.4, -0.2) is 37.0 Å². The van der Waals surface area contributed by atoms with Crippen LogP contribution in [0.3, 0.4) is 0 Å². The molecule has 8 nitrogen and oxygen atoms in total. The molecule has 0 spiro atoms. The molecule has 0 aliphatic carbocycles. The first kappa shape index (κ1) is 27.2. The number of benzene rings is 2. The molecule has 40 heavy (non-hydrogen) atoms. The maximum Gasteiger partial charge on any atom is 0.338 e. The lowest BCUT2D eigenvalue weighted by Gasteiger charge is -2.25. The largest absolute Gasteiger partial charge is 0.493 e. The maximum atomic E-state index is 13.9. The summed E-state index contributed by atoms with van der Waals surface area (Å²) in [7, 11) is 0. The minimum atomic E-state index is -0.701. The summed E-state index contributed by atoms with van der Waals surface area (Å²) >= 11 is 1.26. The van der Waals surface area contributed by atoms with Crippen LogP contribution in [0.2, 0.25) is 0 Å². The lowest BCUT2D eigenvalue weighted by molar-refractivity contribution is -0.139. The van der Waals surface area contributed by atoms with Crippen LogP contribution in [0.4, 0.5) is 0 Å². The molecular weight excluding hydrogens is 528 g/mol. The van der Waals surface area contributed by atoms with E-state index in [0.717, 1.165) is 28.9 Å². The zero-order valence-corrected chi connectivity index (χ0v) is 23.3. The van der Waals surface area contributed by atoms with Gasteiger partial charge in [0.2, 0.25) is 0 Å². The van der Waals surface area contributed by atoms with Crippen LogP contribution in [-0.2, 0) is 16.0 Å². The lowest BCUT2D eigenvalue weighted by Crippen LogP contribution is -2.39. The number of carbonyl (C=O) groups excluding carboxylic acids is 1. The summed E-state index contributed by atoms with van der Waals surface area (Å²) < 4.78 is 24.7. The topological polar surface area (TPSA) is 88.4 Å². The van der Waals surface area contributed by atoms with E-state index in [1.165, 1.54) is 11.3 Å². The number of ether oxygens (including phenoxy) is 4. The number of allylic oxidation sites excluding steroid dienone is 1. The van der Waals surface area contributed by atoms with Crippen LogP contribution >= 0.6 is 11.3 Å². The fraction of sp³-hybridized carbons (Fsp3) is 0.258. The molecule has 9 heteroatoms. The first-order valence-electron chi connectivity index (χ1n) is 13.0.